The third kappa shape index (κ3) is 4.18. The van der Waals surface area contributed by atoms with Gasteiger partial charge in [0.15, 0.2) is 0 Å². The average molecular weight is 327 g/mol. The van der Waals surface area contributed by atoms with Crippen molar-refractivity contribution in [3.63, 3.8) is 0 Å². The Morgan fingerprint density at radius 1 is 1.04 bits per heavy atom. The van der Waals surface area contributed by atoms with Crippen molar-refractivity contribution in [2.24, 2.45) is 0 Å². The summed E-state index contributed by atoms with van der Waals surface area (Å²) in [5.74, 6) is 1.64. The van der Waals surface area contributed by atoms with E-state index in [2.05, 4.69) is 32.3 Å². The lowest BCUT2D eigenvalue weighted by Gasteiger charge is -2.21. The van der Waals surface area contributed by atoms with Crippen LogP contribution in [0.15, 0.2) is 36.7 Å². The summed E-state index contributed by atoms with van der Waals surface area (Å²) in [7, 11) is 0. The fourth-order valence-corrected chi connectivity index (χ4v) is 2.80. The zero-order valence-corrected chi connectivity index (χ0v) is 13.5. The summed E-state index contributed by atoms with van der Waals surface area (Å²) in [6.45, 7) is 2.74. The first kappa shape index (κ1) is 16.2. The number of anilines is 2. The van der Waals surface area contributed by atoms with Gasteiger partial charge < -0.3 is 10.2 Å². The lowest BCUT2D eigenvalue weighted by Crippen LogP contribution is -2.24. The van der Waals surface area contributed by atoms with Crippen molar-refractivity contribution in [1.29, 1.82) is 0 Å². The molecule has 0 unspecified atom stereocenters. The second-order valence-corrected chi connectivity index (χ2v) is 5.94. The number of hydrogen-bond donors (Lipinski definition) is 1. The number of pyridine rings is 2. The lowest BCUT2D eigenvalue weighted by atomic mass is 10.2. The maximum absolute atomic E-state index is 10.6. The molecule has 24 heavy (non-hydrogen) atoms. The molecule has 2 aromatic rings. The Morgan fingerprint density at radius 3 is 2.42 bits per heavy atom. The number of nitrogens with zero attached hydrogens (tertiary/aromatic N) is 4. The Morgan fingerprint density at radius 2 is 1.83 bits per heavy atom. The van der Waals surface area contributed by atoms with Gasteiger partial charge in [-0.2, -0.15) is 0 Å². The minimum Gasteiger partial charge on any atom is -0.366 e. The van der Waals surface area contributed by atoms with E-state index in [0.29, 0.717) is 12.4 Å². The van der Waals surface area contributed by atoms with Crippen molar-refractivity contribution in [1.82, 2.24) is 9.97 Å². The Kier molecular flexibility index (Phi) is 5.20. The van der Waals surface area contributed by atoms with Gasteiger partial charge in [-0.25, -0.2) is 9.97 Å². The molecule has 0 aliphatic carbocycles. The molecule has 2 aromatic heterocycles. The molecule has 3 heterocycles. The largest absolute Gasteiger partial charge is 0.366 e. The van der Waals surface area contributed by atoms with Crippen molar-refractivity contribution in [2.75, 3.05) is 23.3 Å². The molecule has 0 aromatic carbocycles. The predicted molar refractivity (Wildman–Crippen MR) is 93.1 cm³/mol. The highest BCUT2D eigenvalue weighted by atomic mass is 16.6. The summed E-state index contributed by atoms with van der Waals surface area (Å²) < 4.78 is 0. The van der Waals surface area contributed by atoms with E-state index in [9.17, 15) is 10.1 Å². The van der Waals surface area contributed by atoms with E-state index in [1.54, 1.807) is 6.07 Å². The summed E-state index contributed by atoms with van der Waals surface area (Å²) in [4.78, 5) is 21.1. The SMILES string of the molecule is O=[N+]([O-])c1ccc(NCc2ccc(N3CCCCCC3)nc2)nc1. The summed E-state index contributed by atoms with van der Waals surface area (Å²) in [5.41, 5.74) is 1.04. The van der Waals surface area contributed by atoms with E-state index < -0.39 is 4.92 Å². The zero-order valence-electron chi connectivity index (χ0n) is 13.5. The third-order valence-corrected chi connectivity index (χ3v) is 4.17. The normalized spacial score (nSPS) is 14.9. The number of hydrogen-bond acceptors (Lipinski definition) is 6. The summed E-state index contributed by atoms with van der Waals surface area (Å²) in [6.07, 6.45) is 8.21. The van der Waals surface area contributed by atoms with E-state index >= 15 is 0 Å². The fraction of sp³-hybridized carbons (Fsp3) is 0.412. The molecule has 1 aliphatic rings. The monoisotopic (exact) mass is 327 g/mol. The minimum atomic E-state index is -0.456. The molecule has 0 amide bonds. The summed E-state index contributed by atoms with van der Waals surface area (Å²) in [5, 5.41) is 13.8. The highest BCUT2D eigenvalue weighted by molar-refractivity contribution is 5.42. The molecular weight excluding hydrogens is 306 g/mol. The van der Waals surface area contributed by atoms with Crippen LogP contribution in [0.25, 0.3) is 0 Å². The Labute approximate surface area is 140 Å². The van der Waals surface area contributed by atoms with Gasteiger partial charge in [0.25, 0.3) is 5.69 Å². The molecule has 7 nitrogen and oxygen atoms in total. The number of nitrogens with one attached hydrogen (secondary N) is 1. The summed E-state index contributed by atoms with van der Waals surface area (Å²) >= 11 is 0. The quantitative estimate of drug-likeness (QED) is 0.669. The molecule has 126 valence electrons. The smallest absolute Gasteiger partial charge is 0.287 e. The van der Waals surface area contributed by atoms with Crippen molar-refractivity contribution in [3.05, 3.63) is 52.3 Å². The van der Waals surface area contributed by atoms with Gasteiger partial charge >= 0.3 is 0 Å². The van der Waals surface area contributed by atoms with Crippen LogP contribution in [0.4, 0.5) is 17.3 Å². The van der Waals surface area contributed by atoms with E-state index in [-0.39, 0.29) is 5.69 Å². The maximum Gasteiger partial charge on any atom is 0.287 e. The number of nitro groups is 1. The Bertz CT molecular complexity index is 664. The number of rotatable bonds is 5. The van der Waals surface area contributed by atoms with E-state index in [1.807, 2.05) is 6.20 Å². The molecule has 7 heteroatoms. The van der Waals surface area contributed by atoms with Crippen LogP contribution in [0.5, 0.6) is 0 Å². The molecule has 0 atom stereocenters. The topological polar surface area (TPSA) is 84.2 Å². The predicted octanol–water partition coefficient (Wildman–Crippen LogP) is 3.38. The average Bonchev–Trinajstić information content (AvgIpc) is 2.90. The van der Waals surface area contributed by atoms with Crippen molar-refractivity contribution >= 4 is 17.3 Å². The van der Waals surface area contributed by atoms with Crippen molar-refractivity contribution in [2.45, 2.75) is 32.2 Å². The van der Waals surface area contributed by atoms with Gasteiger partial charge in [0.1, 0.15) is 17.8 Å². The van der Waals surface area contributed by atoms with Crippen LogP contribution in [-0.2, 0) is 6.54 Å². The van der Waals surface area contributed by atoms with E-state index in [4.69, 9.17) is 0 Å². The molecule has 1 saturated heterocycles. The van der Waals surface area contributed by atoms with Crippen LogP contribution in [0.2, 0.25) is 0 Å². The molecule has 0 bridgehead atoms. The van der Waals surface area contributed by atoms with Crippen LogP contribution < -0.4 is 10.2 Å². The third-order valence-electron chi connectivity index (χ3n) is 4.17. The molecular formula is C17H21N5O2. The van der Waals surface area contributed by atoms with Crippen LogP contribution in [-0.4, -0.2) is 28.0 Å². The van der Waals surface area contributed by atoms with E-state index in [1.165, 1.54) is 37.9 Å². The maximum atomic E-state index is 10.6. The minimum absolute atomic E-state index is 0.0102. The van der Waals surface area contributed by atoms with Crippen molar-refractivity contribution in [3.8, 4) is 0 Å². The van der Waals surface area contributed by atoms with Gasteiger partial charge in [-0.1, -0.05) is 18.9 Å². The fourth-order valence-electron chi connectivity index (χ4n) is 2.80. The van der Waals surface area contributed by atoms with Gasteiger partial charge in [-0.15, -0.1) is 0 Å². The second-order valence-electron chi connectivity index (χ2n) is 5.94. The van der Waals surface area contributed by atoms with Gasteiger partial charge in [-0.3, -0.25) is 10.1 Å². The first-order valence-electron chi connectivity index (χ1n) is 8.26. The van der Waals surface area contributed by atoms with Crippen LogP contribution in [0.1, 0.15) is 31.2 Å². The second kappa shape index (κ2) is 7.72. The highest BCUT2D eigenvalue weighted by Crippen LogP contribution is 2.18. The van der Waals surface area contributed by atoms with Gasteiger partial charge in [0.05, 0.1) is 4.92 Å². The number of aromatic nitrogens is 2. The van der Waals surface area contributed by atoms with Crippen LogP contribution >= 0.6 is 0 Å². The molecule has 1 N–H and O–H groups in total. The zero-order chi connectivity index (χ0) is 16.8. The molecule has 0 spiro atoms. The van der Waals surface area contributed by atoms with Gasteiger partial charge in [-0.05, 0) is 30.5 Å². The van der Waals surface area contributed by atoms with Crippen LogP contribution in [0.3, 0.4) is 0 Å². The Balaban J connectivity index is 1.56. The van der Waals surface area contributed by atoms with Crippen molar-refractivity contribution < 1.29 is 4.92 Å². The van der Waals surface area contributed by atoms with E-state index in [0.717, 1.165) is 24.5 Å². The molecule has 1 fully saturated rings. The highest BCUT2D eigenvalue weighted by Gasteiger charge is 2.11. The van der Waals surface area contributed by atoms with Gasteiger partial charge in [0.2, 0.25) is 0 Å². The Hall–Kier alpha value is -2.70. The molecule has 0 saturated carbocycles. The van der Waals surface area contributed by atoms with Gasteiger partial charge in [0, 0.05) is 31.9 Å². The molecule has 1 aliphatic heterocycles. The summed E-state index contributed by atoms with van der Waals surface area (Å²) in [6, 6.07) is 7.17. The van der Waals surface area contributed by atoms with Crippen LogP contribution in [0, 0.1) is 10.1 Å². The standard InChI is InChI=1S/C17H21N5O2/c23-22(24)15-6-7-16(19-13-15)18-11-14-5-8-17(20-12-14)21-9-3-1-2-4-10-21/h5-8,12-13H,1-4,9-11H2,(H,18,19). The first-order valence-corrected chi connectivity index (χ1v) is 8.26. The first-order chi connectivity index (χ1) is 11.7. The molecule has 0 radical (unpaired) electrons. The lowest BCUT2D eigenvalue weighted by molar-refractivity contribution is -0.385. The molecule has 3 rings (SSSR count).